The number of hydrogen-bond donors (Lipinski definition) is 1. The summed E-state index contributed by atoms with van der Waals surface area (Å²) in [6, 6.07) is 10.8. The highest BCUT2D eigenvalue weighted by atomic mass is 16.5. The van der Waals surface area contributed by atoms with Crippen LogP contribution in [0.5, 0.6) is 0 Å². The smallest absolute Gasteiger partial charge is 0.193 e. The van der Waals surface area contributed by atoms with Gasteiger partial charge in [-0.25, -0.2) is 4.98 Å². The highest BCUT2D eigenvalue weighted by Gasteiger charge is 2.28. The van der Waals surface area contributed by atoms with Crippen molar-refractivity contribution in [3.05, 3.63) is 54.6 Å². The number of likely N-dealkylation sites (tertiary alicyclic amines) is 1. The number of aromatic nitrogens is 2. The summed E-state index contributed by atoms with van der Waals surface area (Å²) in [6.07, 6.45) is 8.07. The number of aliphatic imine (C=N–C) groups is 1. The van der Waals surface area contributed by atoms with Gasteiger partial charge in [-0.2, -0.15) is 0 Å². The molecule has 6 heteroatoms. The minimum atomic E-state index is 0.125. The van der Waals surface area contributed by atoms with Crippen LogP contribution in [0.1, 0.15) is 44.4 Å². The van der Waals surface area contributed by atoms with Crippen molar-refractivity contribution in [1.29, 1.82) is 0 Å². The van der Waals surface area contributed by atoms with Crippen molar-refractivity contribution in [1.82, 2.24) is 19.8 Å². The SMILES string of the molecule is CN=C(NCCCOC(C)c1ccccc1)N1CCC(C)C(n2ccnc2)C1. The predicted molar refractivity (Wildman–Crippen MR) is 113 cm³/mol. The molecule has 3 unspecified atom stereocenters. The maximum absolute atomic E-state index is 5.97. The molecule has 3 atom stereocenters. The van der Waals surface area contributed by atoms with Gasteiger partial charge in [0.05, 0.1) is 18.5 Å². The van der Waals surface area contributed by atoms with Crippen LogP contribution in [0.2, 0.25) is 0 Å². The summed E-state index contributed by atoms with van der Waals surface area (Å²) in [7, 11) is 1.86. The summed E-state index contributed by atoms with van der Waals surface area (Å²) in [5, 5.41) is 3.50. The Balaban J connectivity index is 1.42. The molecule has 1 aliphatic rings. The number of nitrogens with zero attached hydrogens (tertiary/aromatic N) is 4. The van der Waals surface area contributed by atoms with Crippen LogP contribution < -0.4 is 5.32 Å². The fourth-order valence-corrected chi connectivity index (χ4v) is 3.78. The molecular weight excluding hydrogens is 350 g/mol. The maximum Gasteiger partial charge on any atom is 0.193 e. The van der Waals surface area contributed by atoms with Gasteiger partial charge in [-0.15, -0.1) is 0 Å². The number of benzene rings is 1. The van der Waals surface area contributed by atoms with Crippen molar-refractivity contribution in [2.45, 2.75) is 38.8 Å². The van der Waals surface area contributed by atoms with Crippen molar-refractivity contribution in [2.24, 2.45) is 10.9 Å². The molecule has 6 nitrogen and oxygen atoms in total. The van der Waals surface area contributed by atoms with Gasteiger partial charge in [0.15, 0.2) is 5.96 Å². The molecule has 28 heavy (non-hydrogen) atoms. The first-order valence-corrected chi connectivity index (χ1v) is 10.3. The second-order valence-electron chi connectivity index (χ2n) is 7.54. The van der Waals surface area contributed by atoms with Crippen molar-refractivity contribution >= 4 is 5.96 Å². The molecule has 2 aromatic rings. The molecule has 0 aliphatic carbocycles. The highest BCUT2D eigenvalue weighted by Crippen LogP contribution is 2.27. The molecule has 1 aromatic carbocycles. The zero-order valence-electron chi connectivity index (χ0n) is 17.3. The monoisotopic (exact) mass is 383 g/mol. The van der Waals surface area contributed by atoms with Crippen LogP contribution >= 0.6 is 0 Å². The first-order chi connectivity index (χ1) is 13.7. The third-order valence-electron chi connectivity index (χ3n) is 5.58. The van der Waals surface area contributed by atoms with Crippen molar-refractivity contribution in [3.8, 4) is 0 Å². The molecule has 1 saturated heterocycles. The third kappa shape index (κ3) is 5.35. The standard InChI is InChI=1S/C22H33N5O/c1-18-10-13-26(16-21(18)27-14-12-24-17-27)22(23-3)25-11-7-15-28-19(2)20-8-5-4-6-9-20/h4-6,8-9,12,14,17-19,21H,7,10-11,13,15-16H2,1-3H3,(H,23,25). The largest absolute Gasteiger partial charge is 0.374 e. The van der Waals surface area contributed by atoms with Crippen LogP contribution in [0.4, 0.5) is 0 Å². The lowest BCUT2D eigenvalue weighted by Gasteiger charge is -2.39. The van der Waals surface area contributed by atoms with E-state index in [1.54, 1.807) is 0 Å². The second-order valence-corrected chi connectivity index (χ2v) is 7.54. The Morgan fingerprint density at radius 1 is 1.36 bits per heavy atom. The first-order valence-electron chi connectivity index (χ1n) is 10.3. The summed E-state index contributed by atoms with van der Waals surface area (Å²) in [5.41, 5.74) is 1.22. The van der Waals surface area contributed by atoms with Crippen LogP contribution in [0.25, 0.3) is 0 Å². The van der Waals surface area contributed by atoms with Gasteiger partial charge >= 0.3 is 0 Å². The molecule has 3 rings (SSSR count). The molecule has 0 bridgehead atoms. The fourth-order valence-electron chi connectivity index (χ4n) is 3.78. The van der Waals surface area contributed by atoms with Crippen LogP contribution in [-0.4, -0.2) is 53.7 Å². The molecule has 1 fully saturated rings. The van der Waals surface area contributed by atoms with Crippen molar-refractivity contribution < 1.29 is 4.74 Å². The zero-order valence-corrected chi connectivity index (χ0v) is 17.3. The molecule has 1 aromatic heterocycles. The average Bonchev–Trinajstić information content (AvgIpc) is 3.26. The van der Waals surface area contributed by atoms with Crippen molar-refractivity contribution in [2.75, 3.05) is 33.3 Å². The summed E-state index contributed by atoms with van der Waals surface area (Å²) >= 11 is 0. The van der Waals surface area contributed by atoms with E-state index in [0.29, 0.717) is 12.0 Å². The summed E-state index contributed by atoms with van der Waals surface area (Å²) in [5.74, 6) is 1.62. The Labute approximate surface area is 168 Å². The van der Waals surface area contributed by atoms with Crippen LogP contribution in [-0.2, 0) is 4.74 Å². The molecule has 1 N–H and O–H groups in total. The Morgan fingerprint density at radius 2 is 2.18 bits per heavy atom. The van der Waals surface area contributed by atoms with Gasteiger partial charge < -0.3 is 19.5 Å². The van der Waals surface area contributed by atoms with E-state index in [0.717, 1.165) is 45.0 Å². The molecule has 1 aliphatic heterocycles. The molecule has 0 spiro atoms. The Kier molecular flexibility index (Phi) is 7.48. The second kappa shape index (κ2) is 10.3. The number of imidazole rings is 1. The molecule has 0 saturated carbocycles. The van der Waals surface area contributed by atoms with Crippen LogP contribution in [0.15, 0.2) is 54.0 Å². The number of ether oxygens (including phenoxy) is 1. The molecular formula is C22H33N5O. The molecule has 152 valence electrons. The molecule has 0 amide bonds. The summed E-state index contributed by atoms with van der Waals surface area (Å²) in [6.45, 7) is 8.01. The Morgan fingerprint density at radius 3 is 2.89 bits per heavy atom. The predicted octanol–water partition coefficient (Wildman–Crippen LogP) is 3.51. The quantitative estimate of drug-likeness (QED) is 0.452. The van der Waals surface area contributed by atoms with E-state index in [4.69, 9.17) is 4.74 Å². The van der Waals surface area contributed by atoms with E-state index in [1.807, 2.05) is 25.6 Å². The minimum Gasteiger partial charge on any atom is -0.374 e. The molecule has 0 radical (unpaired) electrons. The molecule has 2 heterocycles. The lowest BCUT2D eigenvalue weighted by Crippen LogP contribution is -2.49. The van der Waals surface area contributed by atoms with E-state index < -0.39 is 0 Å². The van der Waals surface area contributed by atoms with E-state index >= 15 is 0 Å². The van der Waals surface area contributed by atoms with E-state index in [1.165, 1.54) is 5.56 Å². The number of piperidine rings is 1. The maximum atomic E-state index is 5.97. The van der Waals surface area contributed by atoms with Crippen LogP contribution in [0, 0.1) is 5.92 Å². The fraction of sp³-hybridized carbons (Fsp3) is 0.545. The van der Waals surface area contributed by atoms with Gasteiger partial charge in [-0.05, 0) is 31.2 Å². The Bertz CT molecular complexity index is 716. The average molecular weight is 384 g/mol. The van der Waals surface area contributed by atoms with Gasteiger partial charge in [-0.1, -0.05) is 37.3 Å². The lowest BCUT2D eigenvalue weighted by atomic mass is 9.93. The number of rotatable bonds is 7. The first kappa shape index (κ1) is 20.4. The topological polar surface area (TPSA) is 54.7 Å². The highest BCUT2D eigenvalue weighted by molar-refractivity contribution is 5.80. The van der Waals surface area contributed by atoms with Crippen LogP contribution in [0.3, 0.4) is 0 Å². The van der Waals surface area contributed by atoms with Crippen molar-refractivity contribution in [3.63, 3.8) is 0 Å². The lowest BCUT2D eigenvalue weighted by molar-refractivity contribution is 0.0645. The van der Waals surface area contributed by atoms with Gasteiger partial charge in [0.1, 0.15) is 0 Å². The minimum absolute atomic E-state index is 0.125. The normalized spacial score (nSPS) is 21.5. The number of guanidine groups is 1. The zero-order chi connectivity index (χ0) is 19.8. The van der Waals surface area contributed by atoms with E-state index in [-0.39, 0.29) is 6.10 Å². The number of hydrogen-bond acceptors (Lipinski definition) is 3. The van der Waals surface area contributed by atoms with E-state index in [2.05, 4.69) is 69.1 Å². The number of nitrogens with one attached hydrogen (secondary N) is 1. The summed E-state index contributed by atoms with van der Waals surface area (Å²) in [4.78, 5) is 11.1. The third-order valence-corrected chi connectivity index (χ3v) is 5.58. The van der Waals surface area contributed by atoms with Gasteiger partial charge in [-0.3, -0.25) is 4.99 Å². The Hall–Kier alpha value is -2.34. The van der Waals surface area contributed by atoms with Gasteiger partial charge in [0, 0.05) is 45.7 Å². The van der Waals surface area contributed by atoms with Gasteiger partial charge in [0.25, 0.3) is 0 Å². The summed E-state index contributed by atoms with van der Waals surface area (Å²) < 4.78 is 8.19. The van der Waals surface area contributed by atoms with Gasteiger partial charge in [0.2, 0.25) is 0 Å². The van der Waals surface area contributed by atoms with E-state index in [9.17, 15) is 0 Å².